The lowest BCUT2D eigenvalue weighted by atomic mass is 9.92. The molecule has 0 N–H and O–H groups in total. The van der Waals surface area contributed by atoms with Gasteiger partial charge in [-0.15, -0.1) is 0 Å². The molecule has 26 heavy (non-hydrogen) atoms. The van der Waals surface area contributed by atoms with Crippen molar-refractivity contribution in [3.63, 3.8) is 0 Å². The zero-order chi connectivity index (χ0) is 17.9. The summed E-state index contributed by atoms with van der Waals surface area (Å²) in [6, 6.07) is 9.88. The number of carbonyl (C=O) groups excluding carboxylic acids is 1. The molecular weight excluding hydrogens is 328 g/mol. The Balaban J connectivity index is 1.39. The minimum absolute atomic E-state index is 0.102. The number of amides is 1. The first-order chi connectivity index (χ1) is 12.7. The van der Waals surface area contributed by atoms with Crippen LogP contribution < -0.4 is 9.47 Å². The number of ether oxygens (including phenoxy) is 2. The molecule has 0 saturated carbocycles. The van der Waals surface area contributed by atoms with Gasteiger partial charge >= 0.3 is 0 Å². The van der Waals surface area contributed by atoms with Crippen LogP contribution in [0.4, 0.5) is 0 Å². The molecule has 5 nitrogen and oxygen atoms in total. The van der Waals surface area contributed by atoms with Gasteiger partial charge in [-0.1, -0.05) is 6.07 Å². The molecule has 1 amide bonds. The average molecular weight is 352 g/mol. The number of benzene rings is 1. The Bertz CT molecular complexity index is 782. The van der Waals surface area contributed by atoms with Crippen LogP contribution in [0.25, 0.3) is 0 Å². The van der Waals surface area contributed by atoms with Crippen LogP contribution >= 0.6 is 0 Å². The fraction of sp³-hybridized carbons (Fsp3) is 0.429. The lowest BCUT2D eigenvalue weighted by Crippen LogP contribution is -2.27. The van der Waals surface area contributed by atoms with Crippen LogP contribution in [0.1, 0.15) is 34.5 Å². The van der Waals surface area contributed by atoms with E-state index in [1.807, 2.05) is 29.2 Å². The van der Waals surface area contributed by atoms with Crippen LogP contribution in [0, 0.1) is 5.92 Å². The molecule has 1 aromatic carbocycles. The van der Waals surface area contributed by atoms with E-state index in [2.05, 4.69) is 11.1 Å². The SMILES string of the molecule is COc1ccc2c(c1)OCC(Cc1ccc(C(=O)N3CCCC3)cn1)C2. The predicted octanol–water partition coefficient (Wildman–Crippen LogP) is 3.12. The Kier molecular flexibility index (Phi) is 4.78. The van der Waals surface area contributed by atoms with E-state index < -0.39 is 0 Å². The smallest absolute Gasteiger partial charge is 0.255 e. The average Bonchev–Trinajstić information content (AvgIpc) is 3.22. The Labute approximate surface area is 153 Å². The number of likely N-dealkylation sites (tertiary alicyclic amines) is 1. The van der Waals surface area contributed by atoms with Gasteiger partial charge < -0.3 is 14.4 Å². The van der Waals surface area contributed by atoms with Gasteiger partial charge in [0, 0.05) is 37.0 Å². The van der Waals surface area contributed by atoms with Crippen molar-refractivity contribution in [3.8, 4) is 11.5 Å². The molecule has 1 atom stereocenters. The molecule has 2 aliphatic heterocycles. The third kappa shape index (κ3) is 3.52. The van der Waals surface area contributed by atoms with Gasteiger partial charge in [-0.25, -0.2) is 0 Å². The molecule has 1 unspecified atom stereocenters. The van der Waals surface area contributed by atoms with Gasteiger partial charge in [-0.05, 0) is 49.4 Å². The second kappa shape index (κ2) is 7.36. The van der Waals surface area contributed by atoms with Gasteiger partial charge in [-0.2, -0.15) is 0 Å². The molecule has 4 rings (SSSR count). The van der Waals surface area contributed by atoms with Crippen molar-refractivity contribution in [2.75, 3.05) is 26.8 Å². The summed E-state index contributed by atoms with van der Waals surface area (Å²) in [6.45, 7) is 2.41. The normalized spacial score (nSPS) is 19.0. The summed E-state index contributed by atoms with van der Waals surface area (Å²) in [6.07, 6.45) is 5.75. The zero-order valence-electron chi connectivity index (χ0n) is 15.1. The minimum Gasteiger partial charge on any atom is -0.497 e. The molecule has 1 aromatic heterocycles. The Morgan fingerprint density at radius 2 is 2.12 bits per heavy atom. The summed E-state index contributed by atoms with van der Waals surface area (Å²) in [7, 11) is 1.66. The third-order valence-corrected chi connectivity index (χ3v) is 5.22. The number of rotatable bonds is 4. The highest BCUT2D eigenvalue weighted by molar-refractivity contribution is 5.94. The van der Waals surface area contributed by atoms with Crippen LogP contribution in [-0.4, -0.2) is 42.6 Å². The van der Waals surface area contributed by atoms with Gasteiger partial charge in [0.1, 0.15) is 11.5 Å². The molecule has 0 spiro atoms. The van der Waals surface area contributed by atoms with Gasteiger partial charge in [0.2, 0.25) is 0 Å². The highest BCUT2D eigenvalue weighted by Crippen LogP contribution is 2.32. The zero-order valence-corrected chi connectivity index (χ0v) is 15.1. The van der Waals surface area contributed by atoms with E-state index >= 15 is 0 Å². The molecule has 5 heteroatoms. The van der Waals surface area contributed by atoms with Gasteiger partial charge in [0.05, 0.1) is 19.3 Å². The summed E-state index contributed by atoms with van der Waals surface area (Å²) in [5.41, 5.74) is 2.91. The molecule has 1 fully saturated rings. The maximum atomic E-state index is 12.4. The quantitative estimate of drug-likeness (QED) is 0.848. The standard InChI is InChI=1S/C21H24N2O3/c1-25-19-7-5-16-10-15(14-26-20(16)12-19)11-18-6-4-17(13-22-18)21(24)23-8-2-3-9-23/h4-7,12-13,15H,2-3,8-11,14H2,1H3. The fourth-order valence-corrected chi connectivity index (χ4v) is 3.74. The molecule has 0 aliphatic carbocycles. The van der Waals surface area contributed by atoms with E-state index in [-0.39, 0.29) is 5.91 Å². The highest BCUT2D eigenvalue weighted by Gasteiger charge is 2.22. The van der Waals surface area contributed by atoms with Crippen LogP contribution in [0.15, 0.2) is 36.5 Å². The van der Waals surface area contributed by atoms with Gasteiger partial charge in [0.25, 0.3) is 5.91 Å². The van der Waals surface area contributed by atoms with Crippen molar-refractivity contribution in [1.82, 2.24) is 9.88 Å². The van der Waals surface area contributed by atoms with E-state index in [0.29, 0.717) is 18.1 Å². The summed E-state index contributed by atoms with van der Waals surface area (Å²) in [4.78, 5) is 18.8. The summed E-state index contributed by atoms with van der Waals surface area (Å²) in [5, 5.41) is 0. The Morgan fingerprint density at radius 1 is 1.27 bits per heavy atom. The second-order valence-electron chi connectivity index (χ2n) is 7.10. The molecule has 3 heterocycles. The molecule has 136 valence electrons. The topological polar surface area (TPSA) is 51.7 Å². The van der Waals surface area contributed by atoms with E-state index in [9.17, 15) is 4.79 Å². The first-order valence-electron chi connectivity index (χ1n) is 9.27. The number of aromatic nitrogens is 1. The maximum Gasteiger partial charge on any atom is 0.255 e. The van der Waals surface area contributed by atoms with E-state index in [1.54, 1.807) is 13.3 Å². The number of nitrogens with zero attached hydrogens (tertiary/aromatic N) is 2. The molecule has 1 saturated heterocycles. The first kappa shape index (κ1) is 16.9. The maximum absolute atomic E-state index is 12.4. The summed E-state index contributed by atoms with van der Waals surface area (Å²) in [5.74, 6) is 2.23. The van der Waals surface area contributed by atoms with Crippen molar-refractivity contribution in [2.24, 2.45) is 5.92 Å². The van der Waals surface area contributed by atoms with E-state index in [0.717, 1.165) is 56.0 Å². The molecule has 2 aromatic rings. The third-order valence-electron chi connectivity index (χ3n) is 5.22. The fourth-order valence-electron chi connectivity index (χ4n) is 3.74. The number of pyridine rings is 1. The van der Waals surface area contributed by atoms with Crippen LogP contribution in [0.5, 0.6) is 11.5 Å². The van der Waals surface area contributed by atoms with Crippen molar-refractivity contribution in [2.45, 2.75) is 25.7 Å². The lowest BCUT2D eigenvalue weighted by molar-refractivity contribution is 0.0792. The molecular formula is C21H24N2O3. The monoisotopic (exact) mass is 352 g/mol. The van der Waals surface area contributed by atoms with Crippen molar-refractivity contribution in [1.29, 1.82) is 0 Å². The van der Waals surface area contributed by atoms with Crippen molar-refractivity contribution >= 4 is 5.91 Å². The minimum atomic E-state index is 0.102. The van der Waals surface area contributed by atoms with E-state index in [1.165, 1.54) is 5.56 Å². The van der Waals surface area contributed by atoms with Crippen LogP contribution in [0.3, 0.4) is 0 Å². The summed E-state index contributed by atoms with van der Waals surface area (Å²) >= 11 is 0. The highest BCUT2D eigenvalue weighted by atomic mass is 16.5. The second-order valence-corrected chi connectivity index (χ2v) is 7.10. The number of carbonyl (C=O) groups is 1. The molecule has 0 radical (unpaired) electrons. The van der Waals surface area contributed by atoms with Gasteiger partial charge in [0.15, 0.2) is 0 Å². The number of methoxy groups -OCH3 is 1. The predicted molar refractivity (Wildman–Crippen MR) is 98.8 cm³/mol. The number of hydrogen-bond acceptors (Lipinski definition) is 4. The van der Waals surface area contributed by atoms with Crippen LogP contribution in [0.2, 0.25) is 0 Å². The summed E-state index contributed by atoms with van der Waals surface area (Å²) < 4.78 is 11.2. The Morgan fingerprint density at radius 3 is 2.85 bits per heavy atom. The number of fused-ring (bicyclic) bond motifs is 1. The molecule has 0 bridgehead atoms. The largest absolute Gasteiger partial charge is 0.497 e. The lowest BCUT2D eigenvalue weighted by Gasteiger charge is -2.25. The van der Waals surface area contributed by atoms with E-state index in [4.69, 9.17) is 9.47 Å². The molecule has 2 aliphatic rings. The Hall–Kier alpha value is -2.56. The van der Waals surface area contributed by atoms with Crippen molar-refractivity contribution < 1.29 is 14.3 Å². The number of hydrogen-bond donors (Lipinski definition) is 0. The first-order valence-corrected chi connectivity index (χ1v) is 9.27. The van der Waals surface area contributed by atoms with Crippen molar-refractivity contribution in [3.05, 3.63) is 53.3 Å². The van der Waals surface area contributed by atoms with Crippen LogP contribution in [-0.2, 0) is 12.8 Å². The van der Waals surface area contributed by atoms with Gasteiger partial charge in [-0.3, -0.25) is 9.78 Å².